The number of benzene rings is 1. The number of aliphatic imine (C=N–C) groups is 1. The lowest BCUT2D eigenvalue weighted by Crippen LogP contribution is -2.41. The van der Waals surface area contributed by atoms with E-state index in [0.29, 0.717) is 24.6 Å². The van der Waals surface area contributed by atoms with Crippen molar-refractivity contribution in [1.29, 1.82) is 0 Å². The van der Waals surface area contributed by atoms with Crippen molar-refractivity contribution in [2.24, 2.45) is 4.99 Å². The third-order valence-corrected chi connectivity index (χ3v) is 4.81. The van der Waals surface area contributed by atoms with E-state index in [1.54, 1.807) is 40.2 Å². The molecule has 0 heterocycles. The van der Waals surface area contributed by atoms with Gasteiger partial charge in [-0.05, 0) is 24.6 Å². The minimum atomic E-state index is -3.18. The van der Waals surface area contributed by atoms with Crippen molar-refractivity contribution in [2.75, 3.05) is 40.0 Å². The van der Waals surface area contributed by atoms with Crippen molar-refractivity contribution in [3.63, 3.8) is 0 Å². The molecule has 0 fully saturated rings. The molecule has 0 atom stereocenters. The minimum Gasteiger partial charge on any atom is -0.355 e. The molecule has 3 N–H and O–H groups in total. The largest absolute Gasteiger partial charge is 0.355 e. The Labute approximate surface area is 172 Å². The number of guanidine groups is 1. The standard InChI is InChI=1S/C16H27N5O3S.HI/c1-5-25(23,24)20-11-10-18-16(17-2)19-12-13-6-8-14(9-7-13)15(22)21(3)4;/h6-9,20H,5,10-12H2,1-4H3,(H2,17,18,19);1H. The highest BCUT2D eigenvalue weighted by Crippen LogP contribution is 2.06. The number of carbonyl (C=O) groups excluding carboxylic acids is 1. The molecule has 8 nitrogen and oxygen atoms in total. The van der Waals surface area contributed by atoms with Crippen LogP contribution in [0.15, 0.2) is 29.3 Å². The van der Waals surface area contributed by atoms with E-state index in [2.05, 4.69) is 20.3 Å². The van der Waals surface area contributed by atoms with Crippen LogP contribution >= 0.6 is 24.0 Å². The number of halogens is 1. The van der Waals surface area contributed by atoms with Crippen molar-refractivity contribution < 1.29 is 13.2 Å². The molecule has 0 saturated carbocycles. The lowest BCUT2D eigenvalue weighted by molar-refractivity contribution is 0.0827. The quantitative estimate of drug-likeness (QED) is 0.212. The molecule has 1 amide bonds. The summed E-state index contributed by atoms with van der Waals surface area (Å²) in [5.41, 5.74) is 1.64. The lowest BCUT2D eigenvalue weighted by Gasteiger charge is -2.13. The molecule has 1 rings (SSSR count). The van der Waals surface area contributed by atoms with Crippen LogP contribution in [-0.4, -0.2) is 65.2 Å². The molecule has 148 valence electrons. The Bertz CT molecular complexity index is 690. The van der Waals surface area contributed by atoms with Crippen LogP contribution in [0.4, 0.5) is 0 Å². The second-order valence-corrected chi connectivity index (χ2v) is 7.64. The van der Waals surface area contributed by atoms with Gasteiger partial charge in [-0.1, -0.05) is 12.1 Å². The Hall–Kier alpha value is -1.40. The van der Waals surface area contributed by atoms with Gasteiger partial charge in [0.1, 0.15) is 0 Å². The lowest BCUT2D eigenvalue weighted by atomic mass is 10.1. The van der Waals surface area contributed by atoms with E-state index >= 15 is 0 Å². The van der Waals surface area contributed by atoms with E-state index in [9.17, 15) is 13.2 Å². The molecule has 0 aliphatic heterocycles. The number of carbonyl (C=O) groups is 1. The van der Waals surface area contributed by atoms with Crippen molar-refractivity contribution >= 4 is 45.9 Å². The maximum absolute atomic E-state index is 11.8. The second kappa shape index (κ2) is 12.1. The Morgan fingerprint density at radius 1 is 1.12 bits per heavy atom. The van der Waals surface area contributed by atoms with Gasteiger partial charge in [-0.3, -0.25) is 9.79 Å². The number of hydrogen-bond donors (Lipinski definition) is 3. The predicted octanol–water partition coefficient (Wildman–Crippen LogP) is 0.611. The van der Waals surface area contributed by atoms with E-state index in [-0.39, 0.29) is 42.2 Å². The van der Waals surface area contributed by atoms with Gasteiger partial charge in [0.05, 0.1) is 5.75 Å². The maximum atomic E-state index is 11.8. The van der Waals surface area contributed by atoms with Crippen LogP contribution in [0.3, 0.4) is 0 Å². The summed E-state index contributed by atoms with van der Waals surface area (Å²) >= 11 is 0. The molecule has 0 aromatic heterocycles. The molecule has 0 aliphatic carbocycles. The Morgan fingerprint density at radius 2 is 1.73 bits per heavy atom. The Morgan fingerprint density at radius 3 is 2.23 bits per heavy atom. The van der Waals surface area contributed by atoms with Gasteiger partial charge in [0, 0.05) is 46.3 Å². The van der Waals surface area contributed by atoms with Crippen LogP contribution in [0.25, 0.3) is 0 Å². The average molecular weight is 497 g/mol. The smallest absolute Gasteiger partial charge is 0.253 e. The normalized spacial score (nSPS) is 11.5. The van der Waals surface area contributed by atoms with Gasteiger partial charge in [0.2, 0.25) is 10.0 Å². The SMILES string of the molecule is CCS(=O)(=O)NCCNC(=NC)NCc1ccc(C(=O)N(C)C)cc1.I. The number of nitrogens with one attached hydrogen (secondary N) is 3. The zero-order chi connectivity index (χ0) is 18.9. The summed E-state index contributed by atoms with van der Waals surface area (Å²) in [6.07, 6.45) is 0. The second-order valence-electron chi connectivity index (χ2n) is 5.55. The number of nitrogens with zero attached hydrogens (tertiary/aromatic N) is 2. The molecule has 0 saturated heterocycles. The predicted molar refractivity (Wildman–Crippen MR) is 116 cm³/mol. The molecular weight excluding hydrogens is 469 g/mol. The maximum Gasteiger partial charge on any atom is 0.253 e. The fourth-order valence-corrected chi connectivity index (χ4v) is 2.54. The number of amides is 1. The number of hydrogen-bond acceptors (Lipinski definition) is 4. The van der Waals surface area contributed by atoms with E-state index < -0.39 is 10.0 Å². The van der Waals surface area contributed by atoms with Crippen molar-refractivity contribution in [3.05, 3.63) is 35.4 Å². The first kappa shape index (κ1) is 24.6. The topological polar surface area (TPSA) is 103 Å². The first-order chi connectivity index (χ1) is 11.8. The zero-order valence-electron chi connectivity index (χ0n) is 15.6. The van der Waals surface area contributed by atoms with Crippen molar-refractivity contribution in [1.82, 2.24) is 20.3 Å². The zero-order valence-corrected chi connectivity index (χ0v) is 18.7. The molecule has 1 aromatic carbocycles. The van der Waals surface area contributed by atoms with Crippen LogP contribution in [0.5, 0.6) is 0 Å². The molecule has 0 aliphatic rings. The van der Waals surface area contributed by atoms with Crippen molar-refractivity contribution in [2.45, 2.75) is 13.5 Å². The number of rotatable bonds is 8. The fraction of sp³-hybridized carbons (Fsp3) is 0.500. The Balaban J connectivity index is 0.00000625. The molecule has 10 heteroatoms. The average Bonchev–Trinajstić information content (AvgIpc) is 2.60. The molecule has 0 bridgehead atoms. The summed E-state index contributed by atoms with van der Waals surface area (Å²) in [5, 5.41) is 6.17. The van der Waals surface area contributed by atoms with Crippen LogP contribution in [0, 0.1) is 0 Å². The molecule has 1 aromatic rings. The highest BCUT2D eigenvalue weighted by molar-refractivity contribution is 14.0. The summed E-state index contributed by atoms with van der Waals surface area (Å²) in [6.45, 7) is 2.85. The van der Waals surface area contributed by atoms with Crippen molar-refractivity contribution in [3.8, 4) is 0 Å². The van der Waals surface area contributed by atoms with Gasteiger partial charge in [-0.15, -0.1) is 24.0 Å². The molecule has 0 radical (unpaired) electrons. The number of sulfonamides is 1. The molecule has 0 unspecified atom stereocenters. The van der Waals surface area contributed by atoms with Crippen LogP contribution in [0.1, 0.15) is 22.8 Å². The highest BCUT2D eigenvalue weighted by atomic mass is 127. The van der Waals surface area contributed by atoms with Gasteiger partial charge in [0.15, 0.2) is 5.96 Å². The minimum absolute atomic E-state index is 0. The van der Waals surface area contributed by atoms with E-state index in [1.165, 1.54) is 4.90 Å². The van der Waals surface area contributed by atoms with E-state index in [0.717, 1.165) is 5.56 Å². The van der Waals surface area contributed by atoms with Crippen LogP contribution in [-0.2, 0) is 16.6 Å². The molecule has 0 spiro atoms. The van der Waals surface area contributed by atoms with Gasteiger partial charge in [0.25, 0.3) is 5.91 Å². The third kappa shape index (κ3) is 8.81. The molecule has 26 heavy (non-hydrogen) atoms. The van der Waals surface area contributed by atoms with Gasteiger partial charge in [-0.25, -0.2) is 13.1 Å². The van der Waals surface area contributed by atoms with Gasteiger partial charge < -0.3 is 15.5 Å². The third-order valence-electron chi connectivity index (χ3n) is 3.41. The van der Waals surface area contributed by atoms with E-state index in [1.807, 2.05) is 12.1 Å². The summed E-state index contributed by atoms with van der Waals surface area (Å²) in [6, 6.07) is 7.34. The van der Waals surface area contributed by atoms with Crippen LogP contribution < -0.4 is 15.4 Å². The first-order valence-electron chi connectivity index (χ1n) is 8.01. The fourth-order valence-electron chi connectivity index (χ4n) is 1.92. The molecular formula is C16H28IN5O3S. The summed E-state index contributed by atoms with van der Waals surface area (Å²) < 4.78 is 25.1. The highest BCUT2D eigenvalue weighted by Gasteiger charge is 2.07. The Kier molecular flexibility index (Phi) is 11.4. The summed E-state index contributed by atoms with van der Waals surface area (Å²) in [4.78, 5) is 17.5. The van der Waals surface area contributed by atoms with E-state index in [4.69, 9.17) is 0 Å². The van der Waals surface area contributed by atoms with Crippen LogP contribution in [0.2, 0.25) is 0 Å². The summed E-state index contributed by atoms with van der Waals surface area (Å²) in [7, 11) is 1.90. The monoisotopic (exact) mass is 497 g/mol. The first-order valence-corrected chi connectivity index (χ1v) is 9.66. The summed E-state index contributed by atoms with van der Waals surface area (Å²) in [5.74, 6) is 0.599. The van der Waals surface area contributed by atoms with Gasteiger partial charge >= 0.3 is 0 Å². The van der Waals surface area contributed by atoms with Gasteiger partial charge in [-0.2, -0.15) is 0 Å².